The van der Waals surface area contributed by atoms with Crippen molar-refractivity contribution in [1.82, 2.24) is 0 Å². The van der Waals surface area contributed by atoms with Crippen LogP contribution in [-0.2, 0) is 0 Å². The van der Waals surface area contributed by atoms with Crippen LogP contribution in [-0.4, -0.2) is 0 Å². The predicted molar refractivity (Wildman–Crippen MR) is 57.4 cm³/mol. The molecular weight excluding hydrogens is 156 g/mol. The van der Waals surface area contributed by atoms with Crippen molar-refractivity contribution < 1.29 is 0 Å². The Bertz CT molecular complexity index is 196. The summed E-state index contributed by atoms with van der Waals surface area (Å²) in [4.78, 5) is 0. The van der Waals surface area contributed by atoms with Crippen LogP contribution in [0.25, 0.3) is 0 Å². The Morgan fingerprint density at radius 2 is 1.31 bits per heavy atom. The van der Waals surface area contributed by atoms with Crippen LogP contribution in [0.5, 0.6) is 0 Å². The van der Waals surface area contributed by atoms with Crippen molar-refractivity contribution in [1.29, 1.82) is 0 Å². The standard InChI is InChI=1S/C13H24/c1-7-6-12-10(4)9(3)11(5)13(12)8(7)2/h7-13H,6H2,1-5H3. The second-order valence-corrected chi connectivity index (χ2v) is 5.89. The van der Waals surface area contributed by atoms with Crippen LogP contribution < -0.4 is 0 Å². The molecule has 0 amide bonds. The van der Waals surface area contributed by atoms with E-state index in [1.165, 1.54) is 6.42 Å². The molecule has 2 aliphatic rings. The first-order valence-electron chi connectivity index (χ1n) is 6.04. The highest BCUT2D eigenvalue weighted by Gasteiger charge is 2.51. The Labute approximate surface area is 83.1 Å². The molecule has 0 saturated heterocycles. The van der Waals surface area contributed by atoms with E-state index in [1.807, 2.05) is 0 Å². The third kappa shape index (κ3) is 1.17. The molecule has 2 saturated carbocycles. The third-order valence-electron chi connectivity index (χ3n) is 5.58. The average molecular weight is 180 g/mol. The zero-order valence-electron chi connectivity index (χ0n) is 9.75. The van der Waals surface area contributed by atoms with Crippen molar-refractivity contribution in [3.05, 3.63) is 0 Å². The summed E-state index contributed by atoms with van der Waals surface area (Å²) in [6.45, 7) is 12.4. The van der Waals surface area contributed by atoms with E-state index in [-0.39, 0.29) is 0 Å². The van der Waals surface area contributed by atoms with Gasteiger partial charge in [-0.3, -0.25) is 0 Å². The maximum absolute atomic E-state index is 2.49. The molecule has 2 rings (SSSR count). The van der Waals surface area contributed by atoms with Crippen LogP contribution in [0.3, 0.4) is 0 Å². The summed E-state index contributed by atoms with van der Waals surface area (Å²) in [6.07, 6.45) is 1.50. The van der Waals surface area contributed by atoms with Gasteiger partial charge in [-0.05, 0) is 47.8 Å². The summed E-state index contributed by atoms with van der Waals surface area (Å²) in [6, 6.07) is 0. The van der Waals surface area contributed by atoms with E-state index in [2.05, 4.69) is 34.6 Å². The van der Waals surface area contributed by atoms with Crippen molar-refractivity contribution >= 4 is 0 Å². The molecule has 0 nitrogen and oxygen atoms in total. The van der Waals surface area contributed by atoms with E-state index in [0.717, 1.165) is 41.4 Å². The lowest BCUT2D eigenvalue weighted by atomic mass is 9.82. The predicted octanol–water partition coefficient (Wildman–Crippen LogP) is 3.82. The molecule has 7 unspecified atom stereocenters. The fourth-order valence-corrected chi connectivity index (χ4v) is 4.22. The first kappa shape index (κ1) is 9.55. The lowest BCUT2D eigenvalue weighted by Gasteiger charge is -2.23. The maximum Gasteiger partial charge on any atom is -0.0326 e. The van der Waals surface area contributed by atoms with Gasteiger partial charge in [0.15, 0.2) is 0 Å². The van der Waals surface area contributed by atoms with Crippen molar-refractivity contribution in [3.63, 3.8) is 0 Å². The highest BCUT2D eigenvalue weighted by atomic mass is 14.6. The molecule has 0 aliphatic heterocycles. The van der Waals surface area contributed by atoms with Gasteiger partial charge in [0.05, 0.1) is 0 Å². The van der Waals surface area contributed by atoms with E-state index in [0.29, 0.717) is 0 Å². The van der Waals surface area contributed by atoms with Crippen LogP contribution in [0.4, 0.5) is 0 Å². The maximum atomic E-state index is 2.49. The molecule has 2 fully saturated rings. The fraction of sp³-hybridized carbons (Fsp3) is 1.00. The van der Waals surface area contributed by atoms with Gasteiger partial charge in [-0.1, -0.05) is 34.6 Å². The molecule has 0 heterocycles. The minimum Gasteiger partial charge on any atom is -0.0622 e. The second-order valence-electron chi connectivity index (χ2n) is 5.89. The Balaban J connectivity index is 2.22. The molecule has 0 aromatic heterocycles. The summed E-state index contributed by atoms with van der Waals surface area (Å²) in [5, 5.41) is 0. The minimum absolute atomic E-state index is 0.963. The van der Waals surface area contributed by atoms with Gasteiger partial charge in [-0.25, -0.2) is 0 Å². The quantitative estimate of drug-likeness (QED) is 0.531. The van der Waals surface area contributed by atoms with Crippen LogP contribution >= 0.6 is 0 Å². The number of rotatable bonds is 0. The lowest BCUT2D eigenvalue weighted by molar-refractivity contribution is 0.249. The topological polar surface area (TPSA) is 0 Å². The molecular formula is C13H24. The van der Waals surface area contributed by atoms with Crippen LogP contribution in [0.15, 0.2) is 0 Å². The molecule has 0 N–H and O–H groups in total. The van der Waals surface area contributed by atoms with E-state index in [4.69, 9.17) is 0 Å². The van der Waals surface area contributed by atoms with Gasteiger partial charge in [-0.15, -0.1) is 0 Å². The Hall–Kier alpha value is 0. The number of fused-ring (bicyclic) bond motifs is 1. The lowest BCUT2D eigenvalue weighted by Crippen LogP contribution is -2.17. The number of hydrogen-bond acceptors (Lipinski definition) is 0. The van der Waals surface area contributed by atoms with Gasteiger partial charge in [0.1, 0.15) is 0 Å². The normalized spacial score (nSPS) is 61.2. The Kier molecular flexibility index (Phi) is 2.20. The molecule has 2 aliphatic carbocycles. The Morgan fingerprint density at radius 1 is 0.692 bits per heavy atom. The van der Waals surface area contributed by atoms with E-state index < -0.39 is 0 Å². The molecule has 0 heteroatoms. The fourth-order valence-electron chi connectivity index (χ4n) is 4.22. The molecule has 7 atom stereocenters. The Morgan fingerprint density at radius 3 is 1.85 bits per heavy atom. The molecule has 76 valence electrons. The summed E-state index contributed by atoms with van der Waals surface area (Å²) in [5.41, 5.74) is 0. The average Bonchev–Trinajstić information content (AvgIpc) is 2.48. The molecule has 0 spiro atoms. The number of hydrogen-bond donors (Lipinski definition) is 0. The van der Waals surface area contributed by atoms with Crippen molar-refractivity contribution in [2.45, 2.75) is 41.0 Å². The molecule has 0 bridgehead atoms. The van der Waals surface area contributed by atoms with Crippen molar-refractivity contribution in [3.8, 4) is 0 Å². The summed E-state index contributed by atoms with van der Waals surface area (Å²) < 4.78 is 0. The van der Waals surface area contributed by atoms with E-state index in [1.54, 1.807) is 0 Å². The van der Waals surface area contributed by atoms with Crippen molar-refractivity contribution in [2.24, 2.45) is 41.4 Å². The van der Waals surface area contributed by atoms with Gasteiger partial charge in [0, 0.05) is 0 Å². The monoisotopic (exact) mass is 180 g/mol. The highest BCUT2D eigenvalue weighted by Crippen LogP contribution is 2.57. The molecule has 0 aromatic rings. The molecule has 0 radical (unpaired) electrons. The first-order chi connectivity index (χ1) is 6.04. The van der Waals surface area contributed by atoms with Gasteiger partial charge >= 0.3 is 0 Å². The minimum atomic E-state index is 0.963. The molecule has 0 aromatic carbocycles. The smallest absolute Gasteiger partial charge is 0.0326 e. The zero-order chi connectivity index (χ0) is 9.75. The van der Waals surface area contributed by atoms with Crippen molar-refractivity contribution in [2.75, 3.05) is 0 Å². The van der Waals surface area contributed by atoms with Crippen LogP contribution in [0.1, 0.15) is 41.0 Å². The van der Waals surface area contributed by atoms with E-state index in [9.17, 15) is 0 Å². The summed E-state index contributed by atoms with van der Waals surface area (Å²) in [7, 11) is 0. The van der Waals surface area contributed by atoms with Gasteiger partial charge in [0.25, 0.3) is 0 Å². The summed E-state index contributed by atoms with van der Waals surface area (Å²) >= 11 is 0. The second kappa shape index (κ2) is 3.00. The third-order valence-corrected chi connectivity index (χ3v) is 5.58. The van der Waals surface area contributed by atoms with Crippen LogP contribution in [0.2, 0.25) is 0 Å². The van der Waals surface area contributed by atoms with Crippen LogP contribution in [0, 0.1) is 41.4 Å². The molecule has 13 heavy (non-hydrogen) atoms. The van der Waals surface area contributed by atoms with Gasteiger partial charge < -0.3 is 0 Å². The largest absolute Gasteiger partial charge is 0.0622 e. The SMILES string of the molecule is CC1CC2C(C)C(C)C(C)C2C1C. The zero-order valence-corrected chi connectivity index (χ0v) is 9.75. The van der Waals surface area contributed by atoms with E-state index >= 15 is 0 Å². The van der Waals surface area contributed by atoms with Gasteiger partial charge in [0.2, 0.25) is 0 Å². The summed E-state index contributed by atoms with van der Waals surface area (Å²) in [5.74, 6) is 6.96. The van der Waals surface area contributed by atoms with Gasteiger partial charge in [-0.2, -0.15) is 0 Å². The highest BCUT2D eigenvalue weighted by molar-refractivity contribution is 4.99. The first-order valence-corrected chi connectivity index (χ1v) is 6.04.